The summed E-state index contributed by atoms with van der Waals surface area (Å²) in [4.78, 5) is 2.43. The van der Waals surface area contributed by atoms with Crippen LogP contribution in [0.15, 0.2) is 10.5 Å². The first kappa shape index (κ1) is 12.7. The molecule has 1 saturated carbocycles. The summed E-state index contributed by atoms with van der Waals surface area (Å²) in [6.45, 7) is 3.47. The van der Waals surface area contributed by atoms with E-state index in [9.17, 15) is 0 Å². The van der Waals surface area contributed by atoms with Gasteiger partial charge in [-0.1, -0.05) is 19.3 Å². The molecule has 1 aliphatic carbocycles. The Morgan fingerprint density at radius 2 is 2.06 bits per heavy atom. The number of rotatable bonds is 4. The molecular formula is C14H24N2O. The van der Waals surface area contributed by atoms with Crippen LogP contribution in [0.3, 0.4) is 0 Å². The zero-order chi connectivity index (χ0) is 12.3. The first-order chi connectivity index (χ1) is 8.20. The van der Waals surface area contributed by atoms with Gasteiger partial charge in [0.2, 0.25) is 0 Å². The van der Waals surface area contributed by atoms with Gasteiger partial charge in [-0.15, -0.1) is 0 Å². The predicted octanol–water partition coefficient (Wildman–Crippen LogP) is 2.81. The lowest BCUT2D eigenvalue weighted by atomic mass is 9.94. The smallest absolute Gasteiger partial charge is 0.120 e. The minimum atomic E-state index is 0.499. The minimum Gasteiger partial charge on any atom is -0.463 e. The standard InChI is InChI=1S/C14H24N2O/c1-11-8-13(17-14(11)9-15)10-16(2)12-6-4-3-5-7-12/h8,12H,3-7,9-10,15H2,1-2H3. The van der Waals surface area contributed by atoms with Crippen molar-refractivity contribution in [3.63, 3.8) is 0 Å². The molecule has 3 nitrogen and oxygen atoms in total. The first-order valence-electron chi connectivity index (χ1n) is 6.69. The second-order valence-electron chi connectivity index (χ2n) is 5.23. The number of hydrogen-bond acceptors (Lipinski definition) is 3. The summed E-state index contributed by atoms with van der Waals surface area (Å²) in [7, 11) is 2.20. The summed E-state index contributed by atoms with van der Waals surface area (Å²) in [5, 5.41) is 0. The van der Waals surface area contributed by atoms with Crippen LogP contribution in [0.2, 0.25) is 0 Å². The van der Waals surface area contributed by atoms with Gasteiger partial charge in [-0.3, -0.25) is 4.90 Å². The van der Waals surface area contributed by atoms with Gasteiger partial charge in [0.05, 0.1) is 13.1 Å². The third-order valence-corrected chi connectivity index (χ3v) is 3.86. The maximum atomic E-state index is 5.76. The highest BCUT2D eigenvalue weighted by atomic mass is 16.3. The van der Waals surface area contributed by atoms with Gasteiger partial charge in [-0.05, 0) is 38.4 Å². The minimum absolute atomic E-state index is 0.499. The molecule has 2 N–H and O–H groups in total. The van der Waals surface area contributed by atoms with Gasteiger partial charge in [0, 0.05) is 6.04 Å². The molecule has 0 bridgehead atoms. The molecule has 3 heteroatoms. The monoisotopic (exact) mass is 236 g/mol. The van der Waals surface area contributed by atoms with Crippen LogP contribution < -0.4 is 5.73 Å². The molecule has 0 aromatic carbocycles. The van der Waals surface area contributed by atoms with E-state index in [1.165, 1.54) is 37.7 Å². The lowest BCUT2D eigenvalue weighted by molar-refractivity contribution is 0.172. The van der Waals surface area contributed by atoms with Crippen molar-refractivity contribution in [2.24, 2.45) is 5.73 Å². The Hall–Kier alpha value is -0.800. The van der Waals surface area contributed by atoms with Gasteiger partial charge in [-0.2, -0.15) is 0 Å². The van der Waals surface area contributed by atoms with Crippen LogP contribution in [0.4, 0.5) is 0 Å². The molecule has 96 valence electrons. The Bertz CT molecular complexity index is 353. The molecule has 0 spiro atoms. The number of hydrogen-bond donors (Lipinski definition) is 1. The zero-order valence-electron chi connectivity index (χ0n) is 11.0. The maximum absolute atomic E-state index is 5.76. The lowest BCUT2D eigenvalue weighted by Crippen LogP contribution is -2.32. The molecular weight excluding hydrogens is 212 g/mol. The molecule has 17 heavy (non-hydrogen) atoms. The van der Waals surface area contributed by atoms with Crippen LogP contribution in [0.1, 0.15) is 49.2 Å². The van der Waals surface area contributed by atoms with Crippen LogP contribution in [0, 0.1) is 6.92 Å². The fraction of sp³-hybridized carbons (Fsp3) is 0.714. The van der Waals surface area contributed by atoms with E-state index in [0.29, 0.717) is 6.54 Å². The summed E-state index contributed by atoms with van der Waals surface area (Å²) in [5.41, 5.74) is 6.81. The molecule has 0 unspecified atom stereocenters. The van der Waals surface area contributed by atoms with Gasteiger partial charge >= 0.3 is 0 Å². The van der Waals surface area contributed by atoms with E-state index in [-0.39, 0.29) is 0 Å². The summed E-state index contributed by atoms with van der Waals surface area (Å²) >= 11 is 0. The van der Waals surface area contributed by atoms with Crippen molar-refractivity contribution in [2.45, 2.75) is 58.2 Å². The summed E-state index contributed by atoms with van der Waals surface area (Å²) in [5.74, 6) is 1.98. The van der Waals surface area contributed by atoms with E-state index in [4.69, 9.17) is 10.2 Å². The quantitative estimate of drug-likeness (QED) is 0.874. The van der Waals surface area contributed by atoms with E-state index in [0.717, 1.165) is 24.1 Å². The van der Waals surface area contributed by atoms with Crippen molar-refractivity contribution in [3.8, 4) is 0 Å². The molecule has 0 saturated heterocycles. The normalized spacial score (nSPS) is 17.9. The number of nitrogens with two attached hydrogens (primary N) is 1. The third kappa shape index (κ3) is 3.11. The van der Waals surface area contributed by atoms with Crippen molar-refractivity contribution in [3.05, 3.63) is 23.2 Å². The highest BCUT2D eigenvalue weighted by Crippen LogP contribution is 2.24. The van der Waals surface area contributed by atoms with Crippen molar-refractivity contribution >= 4 is 0 Å². The van der Waals surface area contributed by atoms with Crippen LogP contribution in [0.5, 0.6) is 0 Å². The second-order valence-corrected chi connectivity index (χ2v) is 5.23. The first-order valence-corrected chi connectivity index (χ1v) is 6.69. The Labute approximate surface area is 104 Å². The molecule has 0 amide bonds. The molecule has 1 fully saturated rings. The van der Waals surface area contributed by atoms with Crippen LogP contribution in [-0.4, -0.2) is 18.0 Å². The van der Waals surface area contributed by atoms with Gasteiger partial charge in [0.1, 0.15) is 11.5 Å². The Morgan fingerprint density at radius 1 is 1.35 bits per heavy atom. The van der Waals surface area contributed by atoms with Crippen LogP contribution in [-0.2, 0) is 13.1 Å². The number of furan rings is 1. The van der Waals surface area contributed by atoms with E-state index < -0.39 is 0 Å². The summed E-state index contributed by atoms with van der Waals surface area (Å²) in [6, 6.07) is 2.86. The van der Waals surface area contributed by atoms with Crippen molar-refractivity contribution in [1.82, 2.24) is 4.90 Å². The van der Waals surface area contributed by atoms with Crippen LogP contribution in [0.25, 0.3) is 0 Å². The topological polar surface area (TPSA) is 42.4 Å². The van der Waals surface area contributed by atoms with Gasteiger partial charge in [-0.25, -0.2) is 0 Å². The van der Waals surface area contributed by atoms with Gasteiger partial charge < -0.3 is 10.2 Å². The highest BCUT2D eigenvalue weighted by Gasteiger charge is 2.19. The van der Waals surface area contributed by atoms with E-state index >= 15 is 0 Å². The molecule has 1 heterocycles. The molecule has 1 aromatic rings. The number of nitrogens with zero attached hydrogens (tertiary/aromatic N) is 1. The fourth-order valence-electron chi connectivity index (χ4n) is 2.77. The average molecular weight is 236 g/mol. The Kier molecular flexibility index (Phi) is 4.24. The Morgan fingerprint density at radius 3 is 2.65 bits per heavy atom. The molecule has 0 radical (unpaired) electrons. The third-order valence-electron chi connectivity index (χ3n) is 3.86. The maximum Gasteiger partial charge on any atom is 0.120 e. The van der Waals surface area contributed by atoms with Gasteiger partial charge in [0.25, 0.3) is 0 Å². The van der Waals surface area contributed by atoms with Crippen molar-refractivity contribution in [1.29, 1.82) is 0 Å². The van der Waals surface area contributed by atoms with Crippen molar-refractivity contribution < 1.29 is 4.42 Å². The zero-order valence-corrected chi connectivity index (χ0v) is 11.0. The highest BCUT2D eigenvalue weighted by molar-refractivity contribution is 5.19. The predicted molar refractivity (Wildman–Crippen MR) is 69.7 cm³/mol. The Balaban J connectivity index is 1.94. The molecule has 1 aromatic heterocycles. The molecule has 2 rings (SSSR count). The van der Waals surface area contributed by atoms with Gasteiger partial charge in [0.15, 0.2) is 0 Å². The van der Waals surface area contributed by atoms with E-state index in [2.05, 4.69) is 24.9 Å². The van der Waals surface area contributed by atoms with E-state index in [1.807, 2.05) is 0 Å². The molecule has 1 aliphatic rings. The fourth-order valence-corrected chi connectivity index (χ4v) is 2.77. The average Bonchev–Trinajstić information content (AvgIpc) is 2.70. The van der Waals surface area contributed by atoms with Crippen molar-refractivity contribution in [2.75, 3.05) is 7.05 Å². The largest absolute Gasteiger partial charge is 0.463 e. The van der Waals surface area contributed by atoms with E-state index in [1.54, 1.807) is 0 Å². The summed E-state index contributed by atoms with van der Waals surface area (Å²) < 4.78 is 5.76. The molecule has 0 aliphatic heterocycles. The van der Waals surface area contributed by atoms with Crippen LogP contribution >= 0.6 is 0 Å². The lowest BCUT2D eigenvalue weighted by Gasteiger charge is -2.30. The number of aryl methyl sites for hydroxylation is 1. The second kappa shape index (κ2) is 5.69. The summed E-state index contributed by atoms with van der Waals surface area (Å²) in [6.07, 6.45) is 6.82. The SMILES string of the molecule is Cc1cc(CN(C)C2CCCCC2)oc1CN. The molecule has 0 atom stereocenters.